The van der Waals surface area contributed by atoms with Crippen molar-refractivity contribution in [2.24, 2.45) is 5.10 Å². The van der Waals surface area contributed by atoms with Gasteiger partial charge in [-0.2, -0.15) is 5.10 Å². The van der Waals surface area contributed by atoms with Gasteiger partial charge in [-0.15, -0.1) is 0 Å². The maximum Gasteiger partial charge on any atom is 0.271 e. The highest BCUT2D eigenvalue weighted by molar-refractivity contribution is 6.30. The van der Waals surface area contributed by atoms with Crippen LogP contribution in [0.15, 0.2) is 65.9 Å². The molecule has 0 atom stereocenters. The third-order valence-electron chi connectivity index (χ3n) is 3.33. The van der Waals surface area contributed by atoms with Crippen LogP contribution < -0.4 is 5.43 Å². The number of aromatic nitrogens is 1. The molecular weight excluding hydrogens is 310 g/mol. The minimum Gasteiger partial charge on any atom is -0.361 e. The van der Waals surface area contributed by atoms with Gasteiger partial charge in [-0.1, -0.05) is 35.9 Å². The Bertz CT molecular complexity index is 879. The lowest BCUT2D eigenvalue weighted by Gasteiger charge is -1.98. The molecule has 1 heterocycles. The minimum atomic E-state index is -0.279. The van der Waals surface area contributed by atoms with Gasteiger partial charge in [-0.05, 0) is 42.0 Å². The summed E-state index contributed by atoms with van der Waals surface area (Å²) in [4.78, 5) is 15.0. The van der Waals surface area contributed by atoms with Crippen LogP contribution in [0.25, 0.3) is 17.0 Å². The predicted molar refractivity (Wildman–Crippen MR) is 94.7 cm³/mol. The highest BCUT2D eigenvalue weighted by Crippen LogP contribution is 2.18. The Balaban J connectivity index is 1.60. The zero-order valence-corrected chi connectivity index (χ0v) is 12.9. The number of carbonyl (C=O) groups excluding carboxylic acids is 1. The van der Waals surface area contributed by atoms with E-state index in [1.165, 1.54) is 6.21 Å². The summed E-state index contributed by atoms with van der Waals surface area (Å²) in [5, 5.41) is 5.63. The Morgan fingerprint density at radius 2 is 1.91 bits per heavy atom. The Kier molecular flexibility index (Phi) is 4.54. The van der Waals surface area contributed by atoms with Crippen molar-refractivity contribution in [3.05, 3.63) is 77.0 Å². The molecule has 4 nitrogen and oxygen atoms in total. The molecule has 2 aromatic carbocycles. The molecular formula is C18H14ClN3O. The average Bonchev–Trinajstić information content (AvgIpc) is 2.98. The summed E-state index contributed by atoms with van der Waals surface area (Å²) in [7, 11) is 0. The molecule has 0 aliphatic rings. The second kappa shape index (κ2) is 6.94. The SMILES string of the molecule is O=C(N/N=C/C=C/c1c[nH]c2ccccc12)c1ccc(Cl)cc1. The number of halogens is 1. The van der Waals surface area contributed by atoms with Crippen LogP contribution in [0.4, 0.5) is 0 Å². The summed E-state index contributed by atoms with van der Waals surface area (Å²) >= 11 is 5.78. The summed E-state index contributed by atoms with van der Waals surface area (Å²) in [6.45, 7) is 0. The van der Waals surface area contributed by atoms with Gasteiger partial charge in [0.1, 0.15) is 0 Å². The molecule has 114 valence electrons. The van der Waals surface area contributed by atoms with Gasteiger partial charge >= 0.3 is 0 Å². The quantitative estimate of drug-likeness (QED) is 0.547. The van der Waals surface area contributed by atoms with E-state index in [4.69, 9.17) is 11.6 Å². The number of hydrogen-bond donors (Lipinski definition) is 2. The van der Waals surface area contributed by atoms with Crippen LogP contribution in [0, 0.1) is 0 Å². The van der Waals surface area contributed by atoms with E-state index in [-0.39, 0.29) is 5.91 Å². The first-order valence-electron chi connectivity index (χ1n) is 7.06. The fraction of sp³-hybridized carbons (Fsp3) is 0. The number of fused-ring (bicyclic) bond motifs is 1. The van der Waals surface area contributed by atoms with Gasteiger partial charge in [-0.25, -0.2) is 5.43 Å². The van der Waals surface area contributed by atoms with Gasteiger partial charge in [0.05, 0.1) is 0 Å². The van der Waals surface area contributed by atoms with Crippen molar-refractivity contribution in [1.82, 2.24) is 10.4 Å². The number of nitrogens with zero attached hydrogens (tertiary/aromatic N) is 1. The Morgan fingerprint density at radius 1 is 1.13 bits per heavy atom. The molecule has 23 heavy (non-hydrogen) atoms. The van der Waals surface area contributed by atoms with Gasteiger partial charge in [0.25, 0.3) is 5.91 Å². The van der Waals surface area contributed by atoms with Gasteiger partial charge in [0, 0.05) is 33.9 Å². The second-order valence-corrected chi connectivity index (χ2v) is 5.31. The van der Waals surface area contributed by atoms with Crippen LogP contribution >= 0.6 is 11.6 Å². The lowest BCUT2D eigenvalue weighted by atomic mass is 10.2. The molecule has 0 fully saturated rings. The van der Waals surface area contributed by atoms with E-state index in [1.807, 2.05) is 36.5 Å². The average molecular weight is 324 g/mol. The molecule has 2 N–H and O–H groups in total. The molecule has 0 radical (unpaired) electrons. The van der Waals surface area contributed by atoms with Crippen molar-refractivity contribution >= 4 is 40.7 Å². The maximum absolute atomic E-state index is 11.8. The summed E-state index contributed by atoms with van der Waals surface area (Å²) in [6, 6.07) is 14.7. The number of carbonyl (C=O) groups is 1. The Hall–Kier alpha value is -2.85. The van der Waals surface area contributed by atoms with Gasteiger partial charge in [0.2, 0.25) is 0 Å². The van der Waals surface area contributed by atoms with Gasteiger partial charge in [-0.3, -0.25) is 4.79 Å². The smallest absolute Gasteiger partial charge is 0.271 e. The first-order chi connectivity index (χ1) is 11.2. The first-order valence-corrected chi connectivity index (χ1v) is 7.43. The van der Waals surface area contributed by atoms with Crippen molar-refractivity contribution in [2.45, 2.75) is 0 Å². The van der Waals surface area contributed by atoms with Crippen molar-refractivity contribution < 1.29 is 4.79 Å². The number of hydrogen-bond acceptors (Lipinski definition) is 2. The molecule has 3 rings (SSSR count). The van der Waals surface area contributed by atoms with E-state index in [1.54, 1.807) is 30.3 Å². The first kappa shape index (κ1) is 15.1. The van der Waals surface area contributed by atoms with E-state index in [9.17, 15) is 4.79 Å². The van der Waals surface area contributed by atoms with Crippen LogP contribution in [0.2, 0.25) is 5.02 Å². The van der Waals surface area contributed by atoms with Crippen molar-refractivity contribution in [3.8, 4) is 0 Å². The van der Waals surface area contributed by atoms with E-state index >= 15 is 0 Å². The van der Waals surface area contributed by atoms with Crippen molar-refractivity contribution in [2.75, 3.05) is 0 Å². The molecule has 0 aliphatic heterocycles. The molecule has 3 aromatic rings. The summed E-state index contributed by atoms with van der Waals surface area (Å²) in [5.74, 6) is -0.279. The number of hydrazone groups is 1. The monoisotopic (exact) mass is 323 g/mol. The number of aromatic amines is 1. The highest BCUT2D eigenvalue weighted by Gasteiger charge is 2.02. The lowest BCUT2D eigenvalue weighted by molar-refractivity contribution is 0.0955. The molecule has 0 aliphatic carbocycles. The van der Waals surface area contributed by atoms with Crippen LogP contribution in [0.5, 0.6) is 0 Å². The number of benzene rings is 2. The fourth-order valence-corrected chi connectivity index (χ4v) is 2.31. The normalized spacial score (nSPS) is 11.5. The van der Waals surface area contributed by atoms with E-state index < -0.39 is 0 Å². The molecule has 0 saturated carbocycles. The summed E-state index contributed by atoms with van der Waals surface area (Å²) < 4.78 is 0. The number of H-pyrrole nitrogens is 1. The van der Waals surface area contributed by atoms with Crippen LogP contribution in [-0.2, 0) is 0 Å². The summed E-state index contributed by atoms with van der Waals surface area (Å²) in [5.41, 5.74) is 5.12. The number of allylic oxidation sites excluding steroid dienone is 1. The number of nitrogens with one attached hydrogen (secondary N) is 2. The third kappa shape index (κ3) is 3.67. The lowest BCUT2D eigenvalue weighted by Crippen LogP contribution is -2.17. The Morgan fingerprint density at radius 3 is 2.74 bits per heavy atom. The topological polar surface area (TPSA) is 57.2 Å². The van der Waals surface area contributed by atoms with Gasteiger partial charge < -0.3 is 4.98 Å². The van der Waals surface area contributed by atoms with E-state index in [0.717, 1.165) is 16.5 Å². The number of rotatable bonds is 4. The molecule has 0 unspecified atom stereocenters. The minimum absolute atomic E-state index is 0.279. The molecule has 1 amide bonds. The predicted octanol–water partition coefficient (Wildman–Crippen LogP) is 4.25. The van der Waals surface area contributed by atoms with Crippen LogP contribution in [-0.4, -0.2) is 17.1 Å². The zero-order valence-electron chi connectivity index (χ0n) is 12.2. The Labute approximate surface area is 138 Å². The maximum atomic E-state index is 11.8. The summed E-state index contributed by atoms with van der Waals surface area (Å²) in [6.07, 6.45) is 7.17. The van der Waals surface area contributed by atoms with Crippen molar-refractivity contribution in [1.29, 1.82) is 0 Å². The highest BCUT2D eigenvalue weighted by atomic mass is 35.5. The fourth-order valence-electron chi connectivity index (χ4n) is 2.18. The second-order valence-electron chi connectivity index (χ2n) is 4.87. The van der Waals surface area contributed by atoms with E-state index in [0.29, 0.717) is 10.6 Å². The number of para-hydroxylation sites is 1. The standard InChI is InChI=1S/C18H14ClN3O/c19-15-9-7-13(8-10-15)18(23)22-21-11-3-4-14-12-20-17-6-2-1-5-16(14)17/h1-12,20H,(H,22,23)/b4-3+,21-11+. The molecule has 0 spiro atoms. The molecule has 0 bridgehead atoms. The molecule has 0 saturated heterocycles. The largest absolute Gasteiger partial charge is 0.361 e. The van der Waals surface area contributed by atoms with Crippen LogP contribution in [0.1, 0.15) is 15.9 Å². The third-order valence-corrected chi connectivity index (χ3v) is 3.58. The number of amides is 1. The molecule has 1 aromatic heterocycles. The molecule has 5 heteroatoms. The van der Waals surface area contributed by atoms with E-state index in [2.05, 4.69) is 15.5 Å². The zero-order chi connectivity index (χ0) is 16.1. The van der Waals surface area contributed by atoms with Crippen molar-refractivity contribution in [3.63, 3.8) is 0 Å². The van der Waals surface area contributed by atoms with Crippen LogP contribution in [0.3, 0.4) is 0 Å². The van der Waals surface area contributed by atoms with Gasteiger partial charge in [0.15, 0.2) is 0 Å².